The number of aromatic nitrogens is 2. The predicted molar refractivity (Wildman–Crippen MR) is 106 cm³/mol. The maximum atomic E-state index is 5.75. The van der Waals surface area contributed by atoms with Gasteiger partial charge in [-0.15, -0.1) is 11.8 Å². The van der Waals surface area contributed by atoms with Crippen LogP contribution in [0.1, 0.15) is 11.1 Å². The lowest BCUT2D eigenvalue weighted by Gasteiger charge is -2.04. The molecule has 0 aliphatic heterocycles. The summed E-state index contributed by atoms with van der Waals surface area (Å²) in [5, 5.41) is 0. The topological polar surface area (TPSA) is 42.8 Å². The van der Waals surface area contributed by atoms with Crippen molar-refractivity contribution in [1.82, 2.24) is 4.98 Å². The molecule has 3 rings (SSSR count). The molecule has 25 heavy (non-hydrogen) atoms. The maximum Gasteiger partial charge on any atom is 0.231 e. The molecule has 2 heterocycles. The van der Waals surface area contributed by atoms with E-state index < -0.39 is 0 Å². The lowest BCUT2D eigenvalue weighted by atomic mass is 10.1. The van der Waals surface area contributed by atoms with E-state index in [1.807, 2.05) is 24.4 Å². The smallest absolute Gasteiger partial charge is 0.231 e. The number of nitrogens with zero attached hydrogens (tertiary/aromatic N) is 2. The van der Waals surface area contributed by atoms with Crippen molar-refractivity contribution in [1.29, 1.82) is 0 Å². The monoisotopic (exact) mass is 348 g/mol. The van der Waals surface area contributed by atoms with Crippen molar-refractivity contribution < 1.29 is 4.57 Å². The SMILES string of the molecule is CSc1ccc(/C=C/c2cc[n+](CCN)c(-c3ccccn3)c2)cc1. The number of hydrogen-bond donors (Lipinski definition) is 1. The van der Waals surface area contributed by atoms with Gasteiger partial charge in [0.2, 0.25) is 5.69 Å². The minimum absolute atomic E-state index is 0.599. The molecule has 0 saturated carbocycles. The summed E-state index contributed by atoms with van der Waals surface area (Å²) in [6, 6.07) is 18.8. The van der Waals surface area contributed by atoms with Gasteiger partial charge < -0.3 is 5.73 Å². The van der Waals surface area contributed by atoms with Crippen LogP contribution >= 0.6 is 11.8 Å². The Morgan fingerprint density at radius 2 is 1.84 bits per heavy atom. The summed E-state index contributed by atoms with van der Waals surface area (Å²) >= 11 is 1.75. The molecule has 0 unspecified atom stereocenters. The van der Waals surface area contributed by atoms with Gasteiger partial charge in [0.15, 0.2) is 12.7 Å². The third-order valence-corrected chi connectivity index (χ3v) is 4.68. The second-order valence-electron chi connectivity index (χ2n) is 5.65. The van der Waals surface area contributed by atoms with Gasteiger partial charge in [-0.3, -0.25) is 0 Å². The molecule has 0 fully saturated rings. The number of nitrogens with two attached hydrogens (primary N) is 1. The maximum absolute atomic E-state index is 5.75. The number of benzene rings is 1. The van der Waals surface area contributed by atoms with Crippen molar-refractivity contribution in [3.05, 3.63) is 78.1 Å². The highest BCUT2D eigenvalue weighted by Crippen LogP contribution is 2.18. The predicted octanol–water partition coefficient (Wildman–Crippen LogP) is 3.89. The van der Waals surface area contributed by atoms with Crippen molar-refractivity contribution in [2.75, 3.05) is 12.8 Å². The highest BCUT2D eigenvalue weighted by Gasteiger charge is 2.13. The largest absolute Gasteiger partial charge is 0.325 e. The second kappa shape index (κ2) is 8.60. The number of pyridine rings is 2. The number of rotatable bonds is 6. The Labute approximate surface area is 153 Å². The van der Waals surface area contributed by atoms with Crippen LogP contribution in [0.5, 0.6) is 0 Å². The summed E-state index contributed by atoms with van der Waals surface area (Å²) in [5.41, 5.74) is 10.1. The molecule has 1 aromatic carbocycles. The second-order valence-corrected chi connectivity index (χ2v) is 6.53. The molecule has 2 aromatic heterocycles. The Kier molecular flexibility index (Phi) is 5.99. The zero-order chi connectivity index (χ0) is 17.5. The van der Waals surface area contributed by atoms with Crippen LogP contribution in [0.3, 0.4) is 0 Å². The zero-order valence-electron chi connectivity index (χ0n) is 14.3. The van der Waals surface area contributed by atoms with Crippen LogP contribution < -0.4 is 10.3 Å². The van der Waals surface area contributed by atoms with Crippen molar-refractivity contribution in [3.63, 3.8) is 0 Å². The van der Waals surface area contributed by atoms with Crippen LogP contribution in [0.25, 0.3) is 23.5 Å². The van der Waals surface area contributed by atoms with Crippen LogP contribution in [0.2, 0.25) is 0 Å². The van der Waals surface area contributed by atoms with E-state index in [0.29, 0.717) is 6.54 Å². The van der Waals surface area contributed by atoms with E-state index in [2.05, 4.69) is 70.6 Å². The summed E-state index contributed by atoms with van der Waals surface area (Å²) in [7, 11) is 0. The molecule has 0 radical (unpaired) electrons. The van der Waals surface area contributed by atoms with Gasteiger partial charge in [-0.05, 0) is 41.6 Å². The van der Waals surface area contributed by atoms with Gasteiger partial charge in [0.1, 0.15) is 5.69 Å². The molecule has 0 aliphatic rings. The lowest BCUT2D eigenvalue weighted by molar-refractivity contribution is -0.683. The Morgan fingerprint density at radius 1 is 1.04 bits per heavy atom. The highest BCUT2D eigenvalue weighted by atomic mass is 32.2. The normalized spacial score (nSPS) is 11.1. The highest BCUT2D eigenvalue weighted by molar-refractivity contribution is 7.98. The molecule has 0 saturated heterocycles. The van der Waals surface area contributed by atoms with Crippen molar-refractivity contribution in [2.45, 2.75) is 11.4 Å². The lowest BCUT2D eigenvalue weighted by Crippen LogP contribution is -2.39. The minimum Gasteiger partial charge on any atom is -0.325 e. The van der Waals surface area contributed by atoms with E-state index in [0.717, 1.165) is 23.5 Å². The van der Waals surface area contributed by atoms with Gasteiger partial charge >= 0.3 is 0 Å². The zero-order valence-corrected chi connectivity index (χ0v) is 15.1. The molecule has 0 aliphatic carbocycles. The van der Waals surface area contributed by atoms with Crippen LogP contribution in [0.15, 0.2) is 71.9 Å². The van der Waals surface area contributed by atoms with Gasteiger partial charge in [-0.1, -0.05) is 30.4 Å². The molecule has 0 bridgehead atoms. The molecular formula is C21H22N3S+. The third-order valence-electron chi connectivity index (χ3n) is 3.94. The van der Waals surface area contributed by atoms with Gasteiger partial charge in [0, 0.05) is 23.2 Å². The van der Waals surface area contributed by atoms with Gasteiger partial charge in [0.05, 0.1) is 6.54 Å². The van der Waals surface area contributed by atoms with Gasteiger partial charge in [-0.2, -0.15) is 4.57 Å². The first-order valence-electron chi connectivity index (χ1n) is 8.27. The third kappa shape index (κ3) is 4.56. The summed E-state index contributed by atoms with van der Waals surface area (Å²) in [5.74, 6) is 0. The number of hydrogen-bond acceptors (Lipinski definition) is 3. The Hall–Kier alpha value is -2.43. The Morgan fingerprint density at radius 3 is 2.52 bits per heavy atom. The Bertz CT molecular complexity index is 843. The van der Waals surface area contributed by atoms with Crippen molar-refractivity contribution >= 4 is 23.9 Å². The van der Waals surface area contributed by atoms with Crippen LogP contribution in [-0.2, 0) is 6.54 Å². The quantitative estimate of drug-likeness (QED) is 0.543. The van der Waals surface area contributed by atoms with E-state index in [4.69, 9.17) is 5.73 Å². The molecule has 0 amide bonds. The molecule has 0 atom stereocenters. The van der Waals surface area contributed by atoms with E-state index >= 15 is 0 Å². The van der Waals surface area contributed by atoms with Crippen LogP contribution in [0, 0.1) is 0 Å². The summed E-state index contributed by atoms with van der Waals surface area (Å²) in [6.07, 6.45) is 10.2. The fourth-order valence-electron chi connectivity index (χ4n) is 2.63. The van der Waals surface area contributed by atoms with E-state index in [9.17, 15) is 0 Å². The molecule has 3 nitrogen and oxygen atoms in total. The van der Waals surface area contributed by atoms with E-state index in [1.165, 1.54) is 10.5 Å². The summed E-state index contributed by atoms with van der Waals surface area (Å²) in [6.45, 7) is 1.37. The molecule has 126 valence electrons. The van der Waals surface area contributed by atoms with Crippen LogP contribution in [-0.4, -0.2) is 17.8 Å². The van der Waals surface area contributed by atoms with E-state index in [1.54, 1.807) is 11.8 Å². The van der Waals surface area contributed by atoms with E-state index in [-0.39, 0.29) is 0 Å². The average molecular weight is 348 g/mol. The molecule has 3 aromatic rings. The standard InChI is InChI=1S/C21H22N3S/c1-25-19-9-7-17(8-10-19)5-6-18-11-14-24(15-12-22)21(16-18)20-4-2-3-13-23-20/h2-11,13-14,16H,12,15,22H2,1H3/q+1/b6-5+. The molecule has 0 spiro atoms. The van der Waals surface area contributed by atoms with Gasteiger partial charge in [-0.25, -0.2) is 4.98 Å². The first kappa shape index (κ1) is 17.4. The van der Waals surface area contributed by atoms with Crippen LogP contribution in [0.4, 0.5) is 0 Å². The molecule has 2 N–H and O–H groups in total. The van der Waals surface area contributed by atoms with Crippen molar-refractivity contribution in [3.8, 4) is 11.4 Å². The van der Waals surface area contributed by atoms with Crippen molar-refractivity contribution in [2.24, 2.45) is 5.73 Å². The molecular weight excluding hydrogens is 326 g/mol. The molecule has 4 heteroatoms. The minimum atomic E-state index is 0.599. The first-order chi connectivity index (χ1) is 12.3. The fraction of sp³-hybridized carbons (Fsp3) is 0.143. The summed E-state index contributed by atoms with van der Waals surface area (Å²) < 4.78 is 2.15. The number of thioether (sulfide) groups is 1. The first-order valence-corrected chi connectivity index (χ1v) is 9.50. The van der Waals surface area contributed by atoms with Gasteiger partial charge in [0.25, 0.3) is 0 Å². The average Bonchev–Trinajstić information content (AvgIpc) is 2.68. The Balaban J connectivity index is 1.90. The fourth-order valence-corrected chi connectivity index (χ4v) is 3.03. The summed E-state index contributed by atoms with van der Waals surface area (Å²) in [4.78, 5) is 5.76.